The van der Waals surface area contributed by atoms with Gasteiger partial charge in [0, 0.05) is 32.4 Å². The topological polar surface area (TPSA) is 35.5 Å². The standard InChI is InChI=1S/C11H22N2O/c1-4-6-11(2)13(3)9-8-12-7-5-10-14/h4,6,12,14H,2,5,7-10H2,1,3H3/b6-4-. The van der Waals surface area contributed by atoms with Crippen molar-refractivity contribution < 1.29 is 5.11 Å². The summed E-state index contributed by atoms with van der Waals surface area (Å²) in [5.41, 5.74) is 1.02. The first-order chi connectivity index (χ1) is 6.72. The Bertz CT molecular complexity index is 178. The average molecular weight is 198 g/mol. The van der Waals surface area contributed by atoms with E-state index in [1.807, 2.05) is 26.1 Å². The molecule has 0 aromatic rings. The van der Waals surface area contributed by atoms with Crippen LogP contribution in [0.1, 0.15) is 13.3 Å². The number of rotatable bonds is 8. The summed E-state index contributed by atoms with van der Waals surface area (Å²) >= 11 is 0. The largest absolute Gasteiger partial charge is 0.396 e. The van der Waals surface area contributed by atoms with Gasteiger partial charge in [-0.15, -0.1) is 0 Å². The zero-order chi connectivity index (χ0) is 10.8. The molecule has 0 aliphatic rings. The molecule has 0 aromatic heterocycles. The molecule has 0 amide bonds. The Balaban J connectivity index is 3.43. The van der Waals surface area contributed by atoms with Crippen molar-refractivity contribution in [1.82, 2.24) is 10.2 Å². The van der Waals surface area contributed by atoms with E-state index in [0.29, 0.717) is 0 Å². The molecule has 0 bridgehead atoms. The Morgan fingerprint density at radius 1 is 1.50 bits per heavy atom. The van der Waals surface area contributed by atoms with Crippen molar-refractivity contribution >= 4 is 0 Å². The zero-order valence-corrected chi connectivity index (χ0v) is 9.29. The molecule has 3 heteroatoms. The molecule has 0 radical (unpaired) electrons. The molecule has 0 atom stereocenters. The number of hydrogen-bond donors (Lipinski definition) is 2. The second kappa shape index (κ2) is 8.78. The molecule has 0 spiro atoms. The van der Waals surface area contributed by atoms with E-state index in [0.717, 1.165) is 31.8 Å². The van der Waals surface area contributed by atoms with Crippen molar-refractivity contribution in [2.45, 2.75) is 13.3 Å². The second-order valence-electron chi connectivity index (χ2n) is 3.24. The summed E-state index contributed by atoms with van der Waals surface area (Å²) in [5, 5.41) is 11.8. The van der Waals surface area contributed by atoms with Crippen LogP contribution >= 0.6 is 0 Å². The molecular formula is C11H22N2O. The van der Waals surface area contributed by atoms with Crippen LogP contribution in [0.5, 0.6) is 0 Å². The SMILES string of the molecule is C=C(/C=C\C)N(C)CCNCCCO. The highest BCUT2D eigenvalue weighted by molar-refractivity contribution is 5.11. The minimum absolute atomic E-state index is 0.258. The monoisotopic (exact) mass is 198 g/mol. The third-order valence-corrected chi connectivity index (χ3v) is 1.99. The maximum atomic E-state index is 8.56. The minimum atomic E-state index is 0.258. The Kier molecular flexibility index (Phi) is 8.28. The van der Waals surface area contributed by atoms with Gasteiger partial charge in [-0.1, -0.05) is 12.7 Å². The molecule has 0 saturated heterocycles. The highest BCUT2D eigenvalue weighted by atomic mass is 16.3. The van der Waals surface area contributed by atoms with Crippen LogP contribution in [0.3, 0.4) is 0 Å². The Morgan fingerprint density at radius 3 is 2.79 bits per heavy atom. The molecule has 0 aliphatic heterocycles. The van der Waals surface area contributed by atoms with E-state index in [9.17, 15) is 0 Å². The summed E-state index contributed by atoms with van der Waals surface area (Å²) in [7, 11) is 2.02. The Labute approximate surface area is 87.1 Å². The molecule has 82 valence electrons. The number of allylic oxidation sites excluding steroid dienone is 2. The van der Waals surface area contributed by atoms with Gasteiger partial charge in [-0.3, -0.25) is 0 Å². The van der Waals surface area contributed by atoms with E-state index in [1.165, 1.54) is 0 Å². The maximum Gasteiger partial charge on any atom is 0.0443 e. The van der Waals surface area contributed by atoms with Gasteiger partial charge in [0.15, 0.2) is 0 Å². The first-order valence-electron chi connectivity index (χ1n) is 5.06. The average Bonchev–Trinajstić information content (AvgIpc) is 2.17. The molecule has 14 heavy (non-hydrogen) atoms. The van der Waals surface area contributed by atoms with Gasteiger partial charge in [0.2, 0.25) is 0 Å². The second-order valence-corrected chi connectivity index (χ2v) is 3.24. The van der Waals surface area contributed by atoms with Crippen molar-refractivity contribution in [1.29, 1.82) is 0 Å². The quantitative estimate of drug-likeness (QED) is 0.451. The van der Waals surface area contributed by atoms with Crippen LogP contribution in [-0.4, -0.2) is 43.3 Å². The Morgan fingerprint density at radius 2 is 2.21 bits per heavy atom. The normalized spacial score (nSPS) is 10.8. The fourth-order valence-electron chi connectivity index (χ4n) is 1.04. The predicted octanol–water partition coefficient (Wildman–Crippen LogP) is 0.980. The van der Waals surface area contributed by atoms with Gasteiger partial charge in [-0.2, -0.15) is 0 Å². The van der Waals surface area contributed by atoms with E-state index in [4.69, 9.17) is 5.11 Å². The third kappa shape index (κ3) is 6.69. The lowest BCUT2D eigenvalue weighted by Crippen LogP contribution is -2.29. The van der Waals surface area contributed by atoms with Gasteiger partial charge in [-0.25, -0.2) is 0 Å². The van der Waals surface area contributed by atoms with E-state index in [-0.39, 0.29) is 6.61 Å². The predicted molar refractivity (Wildman–Crippen MR) is 61.2 cm³/mol. The molecule has 0 heterocycles. The first kappa shape index (κ1) is 13.2. The van der Waals surface area contributed by atoms with E-state index < -0.39 is 0 Å². The lowest BCUT2D eigenvalue weighted by atomic mass is 10.3. The van der Waals surface area contributed by atoms with Crippen LogP contribution in [-0.2, 0) is 0 Å². The molecule has 0 fully saturated rings. The zero-order valence-electron chi connectivity index (χ0n) is 9.29. The van der Waals surface area contributed by atoms with Crippen LogP contribution < -0.4 is 5.32 Å². The fourth-order valence-corrected chi connectivity index (χ4v) is 1.04. The van der Waals surface area contributed by atoms with Gasteiger partial charge in [-0.05, 0) is 26.0 Å². The first-order valence-corrected chi connectivity index (χ1v) is 5.06. The summed E-state index contributed by atoms with van der Waals surface area (Å²) in [4.78, 5) is 2.10. The van der Waals surface area contributed by atoms with Crippen LogP contribution in [0.15, 0.2) is 24.4 Å². The summed E-state index contributed by atoms with van der Waals surface area (Å²) < 4.78 is 0. The van der Waals surface area contributed by atoms with Gasteiger partial charge >= 0.3 is 0 Å². The van der Waals surface area contributed by atoms with Crippen molar-refractivity contribution in [3.05, 3.63) is 24.4 Å². The van der Waals surface area contributed by atoms with E-state index in [1.54, 1.807) is 0 Å². The van der Waals surface area contributed by atoms with Crippen molar-refractivity contribution in [3.63, 3.8) is 0 Å². The highest BCUT2D eigenvalue weighted by Crippen LogP contribution is 1.98. The molecule has 0 rings (SSSR count). The molecule has 2 N–H and O–H groups in total. The maximum absolute atomic E-state index is 8.56. The van der Waals surface area contributed by atoms with Crippen LogP contribution in [0.25, 0.3) is 0 Å². The number of likely N-dealkylation sites (N-methyl/N-ethyl adjacent to an activating group) is 1. The summed E-state index contributed by atoms with van der Waals surface area (Å²) in [6, 6.07) is 0. The smallest absolute Gasteiger partial charge is 0.0443 e. The molecule has 0 aliphatic carbocycles. The highest BCUT2D eigenvalue weighted by Gasteiger charge is 1.96. The van der Waals surface area contributed by atoms with Crippen LogP contribution in [0, 0.1) is 0 Å². The van der Waals surface area contributed by atoms with E-state index in [2.05, 4.69) is 16.8 Å². The number of hydrogen-bond acceptors (Lipinski definition) is 3. The van der Waals surface area contributed by atoms with Gasteiger partial charge in [0.25, 0.3) is 0 Å². The van der Waals surface area contributed by atoms with E-state index >= 15 is 0 Å². The molecule has 3 nitrogen and oxygen atoms in total. The van der Waals surface area contributed by atoms with Crippen molar-refractivity contribution in [3.8, 4) is 0 Å². The van der Waals surface area contributed by atoms with Crippen molar-refractivity contribution in [2.24, 2.45) is 0 Å². The number of aliphatic hydroxyl groups excluding tert-OH is 1. The lowest BCUT2D eigenvalue weighted by Gasteiger charge is -2.19. The number of nitrogens with zero attached hydrogens (tertiary/aromatic N) is 1. The summed E-state index contributed by atoms with van der Waals surface area (Å²) in [6.45, 7) is 8.91. The summed E-state index contributed by atoms with van der Waals surface area (Å²) in [5.74, 6) is 0. The summed E-state index contributed by atoms with van der Waals surface area (Å²) in [6.07, 6.45) is 4.80. The van der Waals surface area contributed by atoms with Crippen LogP contribution in [0.4, 0.5) is 0 Å². The Hall–Kier alpha value is -0.800. The minimum Gasteiger partial charge on any atom is -0.396 e. The molecule has 0 unspecified atom stereocenters. The third-order valence-electron chi connectivity index (χ3n) is 1.99. The van der Waals surface area contributed by atoms with Crippen molar-refractivity contribution in [2.75, 3.05) is 33.3 Å². The molecule has 0 saturated carbocycles. The molecular weight excluding hydrogens is 176 g/mol. The van der Waals surface area contributed by atoms with Crippen LogP contribution in [0.2, 0.25) is 0 Å². The number of nitrogens with one attached hydrogen (secondary N) is 1. The molecule has 0 aromatic carbocycles. The lowest BCUT2D eigenvalue weighted by molar-refractivity contribution is 0.285. The fraction of sp³-hybridized carbons (Fsp3) is 0.636. The van der Waals surface area contributed by atoms with Gasteiger partial charge in [0.05, 0.1) is 0 Å². The number of aliphatic hydroxyl groups is 1. The van der Waals surface area contributed by atoms with Gasteiger partial charge in [0.1, 0.15) is 0 Å². The van der Waals surface area contributed by atoms with Gasteiger partial charge < -0.3 is 15.3 Å².